The molecule has 0 saturated heterocycles. The fraction of sp³-hybridized carbons (Fsp3) is 0.167. The molecule has 4 rings (SSSR count). The Kier molecular flexibility index (Phi) is 4.65. The molecular formula is C24H23N. The molecule has 0 unspecified atom stereocenters. The molecule has 3 aromatic carbocycles. The summed E-state index contributed by atoms with van der Waals surface area (Å²) in [5.41, 5.74) is 6.92. The Bertz CT molecular complexity index is 850. The number of rotatable bonds is 3. The van der Waals surface area contributed by atoms with Crippen LogP contribution in [0.3, 0.4) is 0 Å². The van der Waals surface area contributed by atoms with Crippen LogP contribution in [-0.2, 0) is 13.0 Å². The normalized spacial score (nSPS) is 16.3. The number of benzene rings is 3. The molecule has 0 N–H and O–H groups in total. The maximum atomic E-state index is 2.52. The molecule has 124 valence electrons. The SMILES string of the molecule is C1=C(/c2ccccc2)Cc2ccccc2N(Cc2ccccc2)CC/1. The zero-order valence-electron chi connectivity index (χ0n) is 14.4. The van der Waals surface area contributed by atoms with Crippen molar-refractivity contribution in [2.24, 2.45) is 0 Å². The van der Waals surface area contributed by atoms with Crippen molar-refractivity contribution in [3.63, 3.8) is 0 Å². The standard InChI is InChI=1S/C24H23N/c1-3-10-20(11-4-1)19-25-17-9-15-22(21-12-5-2-6-13-21)18-23-14-7-8-16-24(23)25/h1-8,10-16H,9,17-19H2/b22-15+. The van der Waals surface area contributed by atoms with E-state index >= 15 is 0 Å². The predicted molar refractivity (Wildman–Crippen MR) is 107 cm³/mol. The molecule has 3 aromatic rings. The topological polar surface area (TPSA) is 3.24 Å². The number of allylic oxidation sites excluding steroid dienone is 1. The summed E-state index contributed by atoms with van der Waals surface area (Å²) in [6.45, 7) is 2.01. The third-order valence-electron chi connectivity index (χ3n) is 4.86. The zero-order chi connectivity index (χ0) is 16.9. The van der Waals surface area contributed by atoms with Gasteiger partial charge in [-0.15, -0.1) is 0 Å². The van der Waals surface area contributed by atoms with Crippen LogP contribution in [0, 0.1) is 0 Å². The van der Waals surface area contributed by atoms with Crippen molar-refractivity contribution in [2.75, 3.05) is 11.4 Å². The fourth-order valence-electron chi connectivity index (χ4n) is 3.60. The number of para-hydroxylation sites is 1. The summed E-state index contributed by atoms with van der Waals surface area (Å²) in [6.07, 6.45) is 4.49. The van der Waals surface area contributed by atoms with Gasteiger partial charge in [0.1, 0.15) is 0 Å². The van der Waals surface area contributed by atoms with Crippen LogP contribution in [0.15, 0.2) is 91.0 Å². The largest absolute Gasteiger partial charge is 0.367 e. The van der Waals surface area contributed by atoms with Crippen molar-refractivity contribution in [2.45, 2.75) is 19.4 Å². The van der Waals surface area contributed by atoms with Gasteiger partial charge in [-0.2, -0.15) is 0 Å². The average Bonchev–Trinajstić information content (AvgIpc) is 2.66. The Labute approximate surface area is 150 Å². The zero-order valence-corrected chi connectivity index (χ0v) is 14.4. The van der Waals surface area contributed by atoms with Crippen LogP contribution in [0.25, 0.3) is 5.57 Å². The van der Waals surface area contributed by atoms with Gasteiger partial charge in [0.15, 0.2) is 0 Å². The Morgan fingerprint density at radius 3 is 2.20 bits per heavy atom. The summed E-state index contributed by atoms with van der Waals surface area (Å²) in [5, 5.41) is 0. The first-order valence-electron chi connectivity index (χ1n) is 9.01. The van der Waals surface area contributed by atoms with Gasteiger partial charge in [-0.25, -0.2) is 0 Å². The molecular weight excluding hydrogens is 302 g/mol. The highest BCUT2D eigenvalue weighted by atomic mass is 15.1. The van der Waals surface area contributed by atoms with Crippen molar-refractivity contribution in [1.29, 1.82) is 0 Å². The molecule has 25 heavy (non-hydrogen) atoms. The van der Waals surface area contributed by atoms with Crippen LogP contribution in [0.5, 0.6) is 0 Å². The van der Waals surface area contributed by atoms with Gasteiger partial charge in [0, 0.05) is 18.8 Å². The molecule has 1 aliphatic rings. The number of anilines is 1. The molecule has 1 aliphatic heterocycles. The first-order valence-corrected chi connectivity index (χ1v) is 9.01. The highest BCUT2D eigenvalue weighted by Crippen LogP contribution is 2.30. The van der Waals surface area contributed by atoms with Gasteiger partial charge in [0.25, 0.3) is 0 Å². The fourth-order valence-corrected chi connectivity index (χ4v) is 3.60. The van der Waals surface area contributed by atoms with E-state index in [0.717, 1.165) is 25.9 Å². The highest BCUT2D eigenvalue weighted by Gasteiger charge is 2.15. The third kappa shape index (κ3) is 3.66. The van der Waals surface area contributed by atoms with Gasteiger partial charge >= 0.3 is 0 Å². The summed E-state index contributed by atoms with van der Waals surface area (Å²) in [4.78, 5) is 2.52. The summed E-state index contributed by atoms with van der Waals surface area (Å²) in [7, 11) is 0. The van der Waals surface area contributed by atoms with Crippen LogP contribution in [-0.4, -0.2) is 6.54 Å². The van der Waals surface area contributed by atoms with Crippen molar-refractivity contribution in [3.8, 4) is 0 Å². The molecule has 0 saturated carbocycles. The molecule has 0 aromatic heterocycles. The molecule has 0 fully saturated rings. The molecule has 0 spiro atoms. The molecule has 1 heterocycles. The maximum absolute atomic E-state index is 2.52. The summed E-state index contributed by atoms with van der Waals surface area (Å²) >= 11 is 0. The number of hydrogen-bond acceptors (Lipinski definition) is 1. The van der Waals surface area contributed by atoms with E-state index in [1.54, 1.807) is 0 Å². The van der Waals surface area contributed by atoms with E-state index in [2.05, 4.69) is 95.9 Å². The smallest absolute Gasteiger partial charge is 0.0429 e. The first-order chi connectivity index (χ1) is 12.4. The molecule has 0 aliphatic carbocycles. The predicted octanol–water partition coefficient (Wildman–Crippen LogP) is 5.72. The van der Waals surface area contributed by atoms with Gasteiger partial charge in [-0.05, 0) is 41.2 Å². The molecule has 0 amide bonds. The van der Waals surface area contributed by atoms with E-state index in [4.69, 9.17) is 0 Å². The van der Waals surface area contributed by atoms with E-state index in [0.29, 0.717) is 0 Å². The summed E-state index contributed by atoms with van der Waals surface area (Å²) in [5.74, 6) is 0. The van der Waals surface area contributed by atoms with Gasteiger partial charge in [-0.3, -0.25) is 0 Å². The van der Waals surface area contributed by atoms with Gasteiger partial charge in [0.05, 0.1) is 0 Å². The molecule has 0 radical (unpaired) electrons. The molecule has 1 heteroatoms. The van der Waals surface area contributed by atoms with Gasteiger partial charge in [-0.1, -0.05) is 84.9 Å². The minimum absolute atomic E-state index is 0.965. The lowest BCUT2D eigenvalue weighted by molar-refractivity contribution is 0.784. The van der Waals surface area contributed by atoms with E-state index in [1.807, 2.05) is 0 Å². The minimum atomic E-state index is 0.965. The minimum Gasteiger partial charge on any atom is -0.367 e. The van der Waals surface area contributed by atoms with Crippen molar-refractivity contribution in [1.82, 2.24) is 0 Å². The highest BCUT2D eigenvalue weighted by molar-refractivity contribution is 5.71. The second-order valence-electron chi connectivity index (χ2n) is 6.60. The van der Waals surface area contributed by atoms with Gasteiger partial charge < -0.3 is 4.90 Å². The van der Waals surface area contributed by atoms with E-state index in [-0.39, 0.29) is 0 Å². The van der Waals surface area contributed by atoms with Crippen molar-refractivity contribution in [3.05, 3.63) is 108 Å². The van der Waals surface area contributed by atoms with Crippen LogP contribution < -0.4 is 4.90 Å². The monoisotopic (exact) mass is 325 g/mol. The lowest BCUT2D eigenvalue weighted by Crippen LogP contribution is -2.25. The Morgan fingerprint density at radius 2 is 1.40 bits per heavy atom. The first kappa shape index (κ1) is 15.7. The van der Waals surface area contributed by atoms with Crippen molar-refractivity contribution < 1.29 is 0 Å². The van der Waals surface area contributed by atoms with Crippen LogP contribution in [0.2, 0.25) is 0 Å². The second-order valence-corrected chi connectivity index (χ2v) is 6.60. The summed E-state index contributed by atoms with van der Waals surface area (Å²) in [6, 6.07) is 30.4. The van der Waals surface area contributed by atoms with Crippen molar-refractivity contribution >= 4 is 11.3 Å². The van der Waals surface area contributed by atoms with Gasteiger partial charge in [0.2, 0.25) is 0 Å². The van der Waals surface area contributed by atoms with Crippen LogP contribution in [0.4, 0.5) is 5.69 Å². The second kappa shape index (κ2) is 7.40. The lowest BCUT2D eigenvalue weighted by Gasteiger charge is -2.29. The average molecular weight is 325 g/mol. The van der Waals surface area contributed by atoms with E-state index in [9.17, 15) is 0 Å². The Balaban J connectivity index is 1.66. The van der Waals surface area contributed by atoms with Crippen LogP contribution in [0.1, 0.15) is 23.1 Å². The van der Waals surface area contributed by atoms with E-state index in [1.165, 1.54) is 28.0 Å². The Morgan fingerprint density at radius 1 is 0.720 bits per heavy atom. The molecule has 1 nitrogen and oxygen atoms in total. The third-order valence-corrected chi connectivity index (χ3v) is 4.86. The van der Waals surface area contributed by atoms with E-state index < -0.39 is 0 Å². The lowest BCUT2D eigenvalue weighted by atomic mass is 9.94. The number of fused-ring (bicyclic) bond motifs is 1. The summed E-state index contributed by atoms with van der Waals surface area (Å²) < 4.78 is 0. The number of hydrogen-bond donors (Lipinski definition) is 0. The molecule has 0 bridgehead atoms. The Hall–Kier alpha value is -2.80. The van der Waals surface area contributed by atoms with Crippen LogP contribution >= 0.6 is 0 Å². The quantitative estimate of drug-likeness (QED) is 0.595. The number of nitrogens with zero attached hydrogens (tertiary/aromatic N) is 1. The molecule has 0 atom stereocenters. The maximum Gasteiger partial charge on any atom is 0.0429 e.